The van der Waals surface area contributed by atoms with Gasteiger partial charge in [0.2, 0.25) is 0 Å². The molecule has 11 heteroatoms. The largest absolute Gasteiger partial charge is 0.373 e. The summed E-state index contributed by atoms with van der Waals surface area (Å²) in [5.41, 5.74) is 4.12. The summed E-state index contributed by atoms with van der Waals surface area (Å²) >= 11 is 0. The molecule has 1 fully saturated rings. The topological polar surface area (TPSA) is 109 Å². The first kappa shape index (κ1) is 28.2. The molecule has 41 heavy (non-hydrogen) atoms. The van der Waals surface area contributed by atoms with E-state index >= 15 is 0 Å². The summed E-state index contributed by atoms with van der Waals surface area (Å²) in [7, 11) is 1.80. The maximum Gasteiger partial charge on any atom is 0.255 e. The smallest absolute Gasteiger partial charge is 0.255 e. The molecule has 5 rings (SSSR count). The maximum atomic E-state index is 13.1. The molecule has 2 unspecified atom stereocenters. The highest BCUT2D eigenvalue weighted by Gasteiger charge is 2.24. The fourth-order valence-electron chi connectivity index (χ4n) is 4.98. The molecular weight excluding hydrogens is 523 g/mol. The van der Waals surface area contributed by atoms with Gasteiger partial charge in [0.25, 0.3) is 5.91 Å². The second-order valence-electron chi connectivity index (χ2n) is 10.3. The van der Waals surface area contributed by atoms with Gasteiger partial charge in [-0.25, -0.2) is 14.4 Å². The van der Waals surface area contributed by atoms with Crippen molar-refractivity contribution in [2.45, 2.75) is 46.2 Å². The molecule has 1 saturated heterocycles. The van der Waals surface area contributed by atoms with Crippen molar-refractivity contribution < 1.29 is 13.9 Å². The zero-order valence-electron chi connectivity index (χ0n) is 23.7. The van der Waals surface area contributed by atoms with E-state index in [-0.39, 0.29) is 18.1 Å². The van der Waals surface area contributed by atoms with E-state index in [2.05, 4.69) is 44.7 Å². The number of rotatable bonds is 9. The van der Waals surface area contributed by atoms with E-state index in [0.717, 1.165) is 35.9 Å². The number of anilines is 4. The van der Waals surface area contributed by atoms with Crippen molar-refractivity contribution in [2.24, 2.45) is 0 Å². The number of carbonyl (C=O) groups excluding carboxylic acids is 1. The number of morpholine rings is 1. The summed E-state index contributed by atoms with van der Waals surface area (Å²) in [5.74, 6) is 1.69. The molecule has 0 saturated carbocycles. The third-order valence-electron chi connectivity index (χ3n) is 6.87. The van der Waals surface area contributed by atoms with E-state index in [1.807, 2.05) is 37.3 Å². The number of ether oxygens (including phenoxy) is 1. The van der Waals surface area contributed by atoms with Crippen molar-refractivity contribution in [3.8, 4) is 5.82 Å². The number of nitrogens with one attached hydrogen (secondary N) is 3. The predicted molar refractivity (Wildman–Crippen MR) is 158 cm³/mol. The van der Waals surface area contributed by atoms with Crippen LogP contribution < -0.4 is 16.0 Å². The fraction of sp³-hybridized carbons (Fsp3) is 0.333. The highest BCUT2D eigenvalue weighted by molar-refractivity contribution is 6.04. The predicted octanol–water partition coefficient (Wildman–Crippen LogP) is 5.09. The first-order chi connectivity index (χ1) is 19.8. The summed E-state index contributed by atoms with van der Waals surface area (Å²) < 4.78 is 20.8. The molecule has 2 aromatic carbocycles. The van der Waals surface area contributed by atoms with Crippen LogP contribution in [0.5, 0.6) is 0 Å². The van der Waals surface area contributed by atoms with Crippen LogP contribution in [0.1, 0.15) is 41.0 Å². The number of halogens is 1. The number of aromatic nitrogens is 4. The van der Waals surface area contributed by atoms with Gasteiger partial charge in [-0.1, -0.05) is 18.2 Å². The van der Waals surface area contributed by atoms with E-state index in [9.17, 15) is 9.18 Å². The summed E-state index contributed by atoms with van der Waals surface area (Å²) in [6.07, 6.45) is 1.80. The number of nitrogens with zero attached hydrogens (tertiary/aromatic N) is 5. The van der Waals surface area contributed by atoms with Crippen molar-refractivity contribution in [3.63, 3.8) is 0 Å². The minimum absolute atomic E-state index is 0.151. The van der Waals surface area contributed by atoms with E-state index in [0.29, 0.717) is 35.0 Å². The average molecular weight is 559 g/mol. The van der Waals surface area contributed by atoms with Gasteiger partial charge >= 0.3 is 0 Å². The first-order valence-corrected chi connectivity index (χ1v) is 13.6. The maximum absolute atomic E-state index is 13.1. The van der Waals surface area contributed by atoms with Crippen molar-refractivity contribution >= 4 is 28.9 Å². The molecule has 10 nitrogen and oxygen atoms in total. The van der Waals surface area contributed by atoms with Crippen molar-refractivity contribution in [3.05, 3.63) is 83.3 Å². The Morgan fingerprint density at radius 2 is 1.88 bits per heavy atom. The molecule has 3 heterocycles. The minimum Gasteiger partial charge on any atom is -0.373 e. The molecule has 4 aromatic rings. The zero-order chi connectivity index (χ0) is 28.9. The van der Waals surface area contributed by atoms with Crippen LogP contribution in [0.3, 0.4) is 0 Å². The minimum atomic E-state index is -0.624. The molecule has 1 aliphatic heterocycles. The fourth-order valence-corrected chi connectivity index (χ4v) is 4.98. The van der Waals surface area contributed by atoms with E-state index in [1.54, 1.807) is 36.0 Å². The Bertz CT molecular complexity index is 1510. The molecule has 0 bridgehead atoms. The van der Waals surface area contributed by atoms with Gasteiger partial charge in [0.15, 0.2) is 5.82 Å². The van der Waals surface area contributed by atoms with E-state index in [4.69, 9.17) is 9.84 Å². The Labute approximate surface area is 239 Å². The number of hydrogen-bond donors (Lipinski definition) is 3. The molecule has 0 aliphatic carbocycles. The van der Waals surface area contributed by atoms with Crippen molar-refractivity contribution in [1.82, 2.24) is 24.6 Å². The van der Waals surface area contributed by atoms with Crippen LogP contribution in [0.2, 0.25) is 0 Å². The SMILES string of the molecule is CNc1cc(-n2nc(CN3CC(C)OC(C)C3)cc2Nc2cc(NC(=O)c3cccc(CF)c3)ccc2C)ncn1. The van der Waals surface area contributed by atoms with Crippen LogP contribution in [0.25, 0.3) is 5.82 Å². The molecule has 2 atom stereocenters. The van der Waals surface area contributed by atoms with Gasteiger partial charge in [0.1, 0.15) is 24.6 Å². The first-order valence-electron chi connectivity index (χ1n) is 13.6. The van der Waals surface area contributed by atoms with Crippen molar-refractivity contribution in [2.75, 3.05) is 36.1 Å². The number of benzene rings is 2. The van der Waals surface area contributed by atoms with Gasteiger partial charge in [-0.2, -0.15) is 9.78 Å². The lowest BCUT2D eigenvalue weighted by Gasteiger charge is -2.34. The molecule has 0 radical (unpaired) electrons. The summed E-state index contributed by atoms with van der Waals surface area (Å²) in [6.45, 7) is 7.85. The van der Waals surface area contributed by atoms with Gasteiger partial charge in [-0.15, -0.1) is 0 Å². The number of amides is 1. The Morgan fingerprint density at radius 1 is 1.07 bits per heavy atom. The quantitative estimate of drug-likeness (QED) is 0.261. The third-order valence-corrected chi connectivity index (χ3v) is 6.87. The number of alkyl halides is 1. The standard InChI is InChI=1S/C30H35FN8O2/c1-19-8-9-24(35-30(40)23-7-5-6-22(10-23)14-31)11-26(19)36-29-12-25(17-38-15-20(2)41-21(3)16-38)37-39(29)28-13-27(32-4)33-18-34-28/h5-13,18,20-21,36H,14-17H2,1-4H3,(H,35,40)(H,32,33,34). The summed E-state index contributed by atoms with van der Waals surface area (Å²) in [4.78, 5) is 23.9. The Kier molecular flexibility index (Phi) is 8.55. The Balaban J connectivity index is 1.43. The molecule has 0 spiro atoms. The normalized spacial score (nSPS) is 17.3. The lowest BCUT2D eigenvalue weighted by molar-refractivity contribution is -0.0707. The number of carbonyl (C=O) groups is 1. The highest BCUT2D eigenvalue weighted by atomic mass is 19.1. The molecule has 214 valence electrons. The lowest BCUT2D eigenvalue weighted by Crippen LogP contribution is -2.44. The second-order valence-corrected chi connectivity index (χ2v) is 10.3. The van der Waals surface area contributed by atoms with E-state index < -0.39 is 6.67 Å². The summed E-state index contributed by atoms with van der Waals surface area (Å²) in [6, 6.07) is 16.0. The van der Waals surface area contributed by atoms with Gasteiger partial charge in [0.05, 0.1) is 17.9 Å². The number of aryl methyl sites for hydroxylation is 1. The van der Waals surface area contributed by atoms with Crippen LogP contribution >= 0.6 is 0 Å². The average Bonchev–Trinajstić information content (AvgIpc) is 3.36. The third kappa shape index (κ3) is 6.87. The lowest BCUT2D eigenvalue weighted by atomic mass is 10.1. The highest BCUT2D eigenvalue weighted by Crippen LogP contribution is 2.28. The van der Waals surface area contributed by atoms with Crippen molar-refractivity contribution in [1.29, 1.82) is 0 Å². The van der Waals surface area contributed by atoms with Gasteiger partial charge in [-0.3, -0.25) is 9.69 Å². The molecule has 1 amide bonds. The van der Waals surface area contributed by atoms with Crippen LogP contribution in [0.4, 0.5) is 27.4 Å². The second kappa shape index (κ2) is 12.4. The van der Waals surface area contributed by atoms with Gasteiger partial charge in [0, 0.05) is 55.8 Å². The summed E-state index contributed by atoms with van der Waals surface area (Å²) in [5, 5.41) is 14.4. The molecule has 1 aliphatic rings. The zero-order valence-corrected chi connectivity index (χ0v) is 23.7. The Hall–Kier alpha value is -4.35. The van der Waals surface area contributed by atoms with Gasteiger partial charge < -0.3 is 20.7 Å². The molecule has 2 aromatic heterocycles. The number of hydrogen-bond acceptors (Lipinski definition) is 8. The monoisotopic (exact) mass is 558 g/mol. The molecule has 3 N–H and O–H groups in total. The molecular formula is C30H35FN8O2. The van der Waals surface area contributed by atoms with Crippen LogP contribution in [-0.2, 0) is 18.0 Å². The van der Waals surface area contributed by atoms with Crippen LogP contribution in [-0.4, -0.2) is 62.9 Å². The Morgan fingerprint density at radius 3 is 2.63 bits per heavy atom. The van der Waals surface area contributed by atoms with E-state index in [1.165, 1.54) is 6.33 Å². The van der Waals surface area contributed by atoms with Crippen LogP contribution in [0.15, 0.2) is 60.9 Å². The van der Waals surface area contributed by atoms with Gasteiger partial charge in [-0.05, 0) is 56.2 Å². The van der Waals surface area contributed by atoms with Crippen LogP contribution in [0, 0.1) is 6.92 Å².